The van der Waals surface area contributed by atoms with Crippen molar-refractivity contribution in [1.82, 2.24) is 0 Å². The number of benzene rings is 4. The molecule has 4 N–H and O–H groups in total. The predicted molar refractivity (Wildman–Crippen MR) is 135 cm³/mol. The minimum Gasteiger partial charge on any atom is -0.308 e. The molecule has 0 unspecified atom stereocenters. The lowest BCUT2D eigenvalue weighted by Crippen LogP contribution is -2.19. The van der Waals surface area contributed by atoms with Crippen LogP contribution in [0.5, 0.6) is 0 Å². The van der Waals surface area contributed by atoms with E-state index < -0.39 is 21.9 Å². The SMILES string of the molecule is O=C(Nc1ccccc1)Nc1ccc2c(c1)S(=O)(=O)c1cc(NC(=O)Nc3ccccc3)ccc1-2. The predicted octanol–water partition coefficient (Wildman–Crippen LogP) is 5.79. The van der Waals surface area contributed by atoms with E-state index in [0.29, 0.717) is 33.9 Å². The number of fused-ring (bicyclic) bond motifs is 3. The van der Waals surface area contributed by atoms with Crippen LogP contribution < -0.4 is 21.3 Å². The number of nitrogens with one attached hydrogen (secondary N) is 4. The van der Waals surface area contributed by atoms with Gasteiger partial charge in [-0.15, -0.1) is 0 Å². The number of carbonyl (C=O) groups excluding carboxylic acids is 2. The maximum absolute atomic E-state index is 13.3. The lowest BCUT2D eigenvalue weighted by atomic mass is 10.1. The molecule has 8 nitrogen and oxygen atoms in total. The molecule has 5 rings (SSSR count). The van der Waals surface area contributed by atoms with E-state index in [0.717, 1.165) is 0 Å². The van der Waals surface area contributed by atoms with Gasteiger partial charge in [-0.05, 0) is 48.5 Å². The number of hydrogen-bond donors (Lipinski definition) is 4. The third kappa shape index (κ3) is 4.57. The minimum atomic E-state index is -3.84. The van der Waals surface area contributed by atoms with Crippen LogP contribution in [0.2, 0.25) is 0 Å². The van der Waals surface area contributed by atoms with Crippen LogP contribution >= 0.6 is 0 Å². The van der Waals surface area contributed by atoms with E-state index in [2.05, 4.69) is 21.3 Å². The van der Waals surface area contributed by atoms with Crippen molar-refractivity contribution in [2.45, 2.75) is 9.79 Å². The van der Waals surface area contributed by atoms with E-state index >= 15 is 0 Å². The smallest absolute Gasteiger partial charge is 0.308 e. The zero-order valence-electron chi connectivity index (χ0n) is 18.3. The van der Waals surface area contributed by atoms with Gasteiger partial charge in [0.25, 0.3) is 0 Å². The second-order valence-corrected chi connectivity index (χ2v) is 9.70. The van der Waals surface area contributed by atoms with Gasteiger partial charge in [0.05, 0.1) is 9.79 Å². The Morgan fingerprint density at radius 2 is 0.857 bits per heavy atom. The van der Waals surface area contributed by atoms with Gasteiger partial charge in [0.15, 0.2) is 0 Å². The standard InChI is InChI=1S/C26H20N4O4S/c31-25(27-17-7-3-1-4-8-17)29-19-11-13-21-22-14-12-20(16-24(22)35(33,34)23(21)15-19)30-26(32)28-18-9-5-2-6-10-18/h1-16H,(H2,27,29,31)(H2,28,30,32). The molecule has 0 atom stereocenters. The third-order valence-electron chi connectivity index (χ3n) is 5.41. The summed E-state index contributed by atoms with van der Waals surface area (Å²) >= 11 is 0. The van der Waals surface area contributed by atoms with Gasteiger partial charge in [-0.1, -0.05) is 48.5 Å². The first-order valence-corrected chi connectivity index (χ1v) is 12.2. The summed E-state index contributed by atoms with van der Waals surface area (Å²) < 4.78 is 26.6. The summed E-state index contributed by atoms with van der Waals surface area (Å²) in [5.41, 5.74) is 2.98. The number of urea groups is 2. The number of hydrogen-bond acceptors (Lipinski definition) is 4. The van der Waals surface area contributed by atoms with Crippen molar-refractivity contribution in [3.63, 3.8) is 0 Å². The molecule has 1 heterocycles. The van der Waals surface area contributed by atoms with Crippen LogP contribution in [0.4, 0.5) is 32.3 Å². The van der Waals surface area contributed by atoms with Crippen molar-refractivity contribution < 1.29 is 18.0 Å². The molecule has 0 bridgehead atoms. The van der Waals surface area contributed by atoms with Crippen LogP contribution in [0.3, 0.4) is 0 Å². The Hall–Kier alpha value is -4.63. The molecule has 1 aliphatic heterocycles. The molecule has 4 amide bonds. The maximum Gasteiger partial charge on any atom is 0.323 e. The molecular weight excluding hydrogens is 464 g/mol. The number of anilines is 4. The van der Waals surface area contributed by atoms with E-state index in [1.807, 2.05) is 12.1 Å². The highest BCUT2D eigenvalue weighted by molar-refractivity contribution is 7.92. The van der Waals surface area contributed by atoms with Crippen molar-refractivity contribution in [2.24, 2.45) is 0 Å². The van der Waals surface area contributed by atoms with Crippen LogP contribution in [0.15, 0.2) is 107 Å². The normalized spacial score (nSPS) is 12.7. The number of amides is 4. The van der Waals surface area contributed by atoms with E-state index in [-0.39, 0.29) is 9.79 Å². The Labute approximate surface area is 201 Å². The topological polar surface area (TPSA) is 116 Å². The summed E-state index contributed by atoms with van der Waals surface area (Å²) in [5.74, 6) is 0. The van der Waals surface area contributed by atoms with Crippen LogP contribution in [0.25, 0.3) is 11.1 Å². The molecule has 0 saturated heterocycles. The highest BCUT2D eigenvalue weighted by Crippen LogP contribution is 2.45. The molecule has 4 aromatic carbocycles. The van der Waals surface area contributed by atoms with Gasteiger partial charge < -0.3 is 21.3 Å². The number of rotatable bonds is 4. The Bertz CT molecular complexity index is 1430. The fourth-order valence-electron chi connectivity index (χ4n) is 3.84. The Kier molecular flexibility index (Phi) is 5.68. The second-order valence-electron chi connectivity index (χ2n) is 7.82. The summed E-state index contributed by atoms with van der Waals surface area (Å²) in [7, 11) is -3.84. The largest absolute Gasteiger partial charge is 0.323 e. The molecule has 0 radical (unpaired) electrons. The van der Waals surface area contributed by atoms with E-state index in [1.54, 1.807) is 72.8 Å². The molecular formula is C26H20N4O4S. The van der Waals surface area contributed by atoms with Gasteiger partial charge in [-0.25, -0.2) is 18.0 Å². The Balaban J connectivity index is 1.34. The maximum atomic E-state index is 13.3. The molecule has 0 spiro atoms. The molecule has 0 fully saturated rings. The fourth-order valence-corrected chi connectivity index (χ4v) is 5.57. The zero-order chi connectivity index (χ0) is 24.4. The average molecular weight is 485 g/mol. The lowest BCUT2D eigenvalue weighted by Gasteiger charge is -2.09. The average Bonchev–Trinajstić information content (AvgIpc) is 3.06. The summed E-state index contributed by atoms with van der Waals surface area (Å²) in [6, 6.07) is 26.3. The number of sulfone groups is 1. The van der Waals surface area contributed by atoms with Gasteiger partial charge in [0, 0.05) is 33.9 Å². The van der Waals surface area contributed by atoms with Gasteiger partial charge in [0.1, 0.15) is 0 Å². The molecule has 0 aromatic heterocycles. The first-order chi connectivity index (χ1) is 16.9. The zero-order valence-corrected chi connectivity index (χ0v) is 19.1. The molecule has 9 heteroatoms. The fraction of sp³-hybridized carbons (Fsp3) is 0. The van der Waals surface area contributed by atoms with Crippen molar-refractivity contribution in [3.05, 3.63) is 97.1 Å². The first-order valence-electron chi connectivity index (χ1n) is 10.7. The molecule has 0 saturated carbocycles. The Morgan fingerprint density at radius 3 is 1.26 bits per heavy atom. The summed E-state index contributed by atoms with van der Waals surface area (Å²) in [6.07, 6.45) is 0. The van der Waals surface area contributed by atoms with Crippen LogP contribution in [-0.2, 0) is 9.84 Å². The van der Waals surface area contributed by atoms with Crippen LogP contribution in [-0.4, -0.2) is 20.5 Å². The van der Waals surface area contributed by atoms with Crippen molar-refractivity contribution in [2.75, 3.05) is 21.3 Å². The van der Waals surface area contributed by atoms with E-state index in [9.17, 15) is 18.0 Å². The van der Waals surface area contributed by atoms with E-state index in [4.69, 9.17) is 0 Å². The second kappa shape index (κ2) is 8.96. The van der Waals surface area contributed by atoms with Gasteiger partial charge >= 0.3 is 12.1 Å². The molecule has 1 aliphatic rings. The summed E-state index contributed by atoms with van der Waals surface area (Å²) in [4.78, 5) is 24.8. The van der Waals surface area contributed by atoms with Crippen LogP contribution in [0.1, 0.15) is 0 Å². The quantitative estimate of drug-likeness (QED) is 0.258. The first kappa shape index (κ1) is 22.2. The van der Waals surface area contributed by atoms with Crippen molar-refractivity contribution in [1.29, 1.82) is 0 Å². The molecule has 0 aliphatic carbocycles. The van der Waals surface area contributed by atoms with Crippen molar-refractivity contribution >= 4 is 44.6 Å². The molecule has 35 heavy (non-hydrogen) atoms. The lowest BCUT2D eigenvalue weighted by molar-refractivity contribution is 0.261. The minimum absolute atomic E-state index is 0.0934. The van der Waals surface area contributed by atoms with Gasteiger partial charge in [0.2, 0.25) is 9.84 Å². The monoisotopic (exact) mass is 484 g/mol. The summed E-state index contributed by atoms with van der Waals surface area (Å²) in [5, 5.41) is 10.7. The van der Waals surface area contributed by atoms with Gasteiger partial charge in [-0.2, -0.15) is 0 Å². The highest BCUT2D eigenvalue weighted by atomic mass is 32.2. The van der Waals surface area contributed by atoms with E-state index in [1.165, 1.54) is 12.1 Å². The Morgan fingerprint density at radius 1 is 0.486 bits per heavy atom. The number of para-hydroxylation sites is 2. The number of carbonyl (C=O) groups is 2. The molecule has 174 valence electrons. The molecule has 4 aromatic rings. The van der Waals surface area contributed by atoms with Crippen LogP contribution in [0, 0.1) is 0 Å². The highest BCUT2D eigenvalue weighted by Gasteiger charge is 2.33. The summed E-state index contributed by atoms with van der Waals surface area (Å²) in [6.45, 7) is 0. The van der Waals surface area contributed by atoms with Crippen molar-refractivity contribution in [3.8, 4) is 11.1 Å². The third-order valence-corrected chi connectivity index (χ3v) is 7.25. The van der Waals surface area contributed by atoms with Gasteiger partial charge in [-0.3, -0.25) is 0 Å².